The Labute approximate surface area is 148 Å². The third kappa shape index (κ3) is 4.11. The first-order valence-electron chi connectivity index (χ1n) is 8.65. The maximum Gasteiger partial charge on any atom is 0.127 e. The number of methoxy groups -OCH3 is 2. The largest absolute Gasteiger partial charge is 0.497 e. The molecule has 5 heteroatoms. The van der Waals surface area contributed by atoms with Gasteiger partial charge in [0.15, 0.2) is 0 Å². The van der Waals surface area contributed by atoms with E-state index in [1.54, 1.807) is 14.2 Å². The second-order valence-corrected chi connectivity index (χ2v) is 6.20. The van der Waals surface area contributed by atoms with Crippen LogP contribution in [0.2, 0.25) is 0 Å². The van der Waals surface area contributed by atoms with Gasteiger partial charge in [0.1, 0.15) is 17.3 Å². The Bertz CT molecular complexity index is 683. The van der Waals surface area contributed by atoms with E-state index in [1.165, 1.54) is 12.1 Å². The van der Waals surface area contributed by atoms with Crippen LogP contribution < -0.4 is 14.8 Å². The van der Waals surface area contributed by atoms with Gasteiger partial charge < -0.3 is 14.8 Å². The molecule has 0 radical (unpaired) electrons. The first-order chi connectivity index (χ1) is 12.2. The molecule has 0 amide bonds. The molecule has 134 valence electrons. The summed E-state index contributed by atoms with van der Waals surface area (Å²) in [6, 6.07) is 12.7. The molecule has 0 aliphatic carbocycles. The van der Waals surface area contributed by atoms with Gasteiger partial charge in [0, 0.05) is 31.3 Å². The van der Waals surface area contributed by atoms with Gasteiger partial charge in [-0.2, -0.15) is 0 Å². The maximum atomic E-state index is 13.4. The molecule has 1 fully saturated rings. The zero-order chi connectivity index (χ0) is 17.6. The van der Waals surface area contributed by atoms with Gasteiger partial charge in [-0.3, -0.25) is 4.90 Å². The van der Waals surface area contributed by atoms with Crippen LogP contribution in [0.25, 0.3) is 0 Å². The molecule has 2 aromatic carbocycles. The lowest BCUT2D eigenvalue weighted by molar-refractivity contribution is 0.236. The molecule has 1 aliphatic rings. The number of nitrogens with one attached hydrogen (secondary N) is 1. The molecule has 0 spiro atoms. The monoisotopic (exact) mass is 344 g/mol. The smallest absolute Gasteiger partial charge is 0.127 e. The summed E-state index contributed by atoms with van der Waals surface area (Å²) in [5, 5.41) is 3.44. The molecule has 0 bridgehead atoms. The Balaban J connectivity index is 2.05. The van der Waals surface area contributed by atoms with Crippen molar-refractivity contribution < 1.29 is 13.9 Å². The number of halogens is 1. The fraction of sp³-hybridized carbons (Fsp3) is 0.400. The Kier molecular flexibility index (Phi) is 5.89. The molecule has 0 saturated carbocycles. The predicted molar refractivity (Wildman–Crippen MR) is 96.8 cm³/mol. The van der Waals surface area contributed by atoms with Crippen molar-refractivity contribution in [2.45, 2.75) is 12.5 Å². The number of hydrogen-bond donors (Lipinski definition) is 1. The van der Waals surface area contributed by atoms with E-state index in [2.05, 4.69) is 10.2 Å². The average molecular weight is 344 g/mol. The lowest BCUT2D eigenvalue weighted by atomic mass is 9.95. The SMILES string of the molecule is COc1ccc(C(c2ccc(F)cc2)N2CCCNCC2)c(OC)c1. The van der Waals surface area contributed by atoms with Crippen LogP contribution in [0.3, 0.4) is 0 Å². The standard InChI is InChI=1S/C20H25FN2O2/c1-24-17-8-9-18(19(14-17)25-2)20(15-4-6-16(21)7-5-15)23-12-3-10-22-11-13-23/h4-9,14,20,22H,3,10-13H2,1-2H3. The van der Waals surface area contributed by atoms with E-state index in [-0.39, 0.29) is 11.9 Å². The van der Waals surface area contributed by atoms with Crippen molar-refractivity contribution in [3.05, 3.63) is 59.4 Å². The molecule has 1 heterocycles. The summed E-state index contributed by atoms with van der Waals surface area (Å²) < 4.78 is 24.4. The number of ether oxygens (including phenoxy) is 2. The molecule has 1 atom stereocenters. The second kappa shape index (κ2) is 8.32. The number of rotatable bonds is 5. The Morgan fingerprint density at radius 3 is 2.52 bits per heavy atom. The molecule has 1 aliphatic heterocycles. The van der Waals surface area contributed by atoms with Crippen LogP contribution in [0, 0.1) is 5.82 Å². The number of benzene rings is 2. The summed E-state index contributed by atoms with van der Waals surface area (Å²) >= 11 is 0. The molecule has 3 rings (SSSR count). The molecular weight excluding hydrogens is 319 g/mol. The quantitative estimate of drug-likeness (QED) is 0.903. The van der Waals surface area contributed by atoms with E-state index in [0.717, 1.165) is 55.2 Å². The van der Waals surface area contributed by atoms with Gasteiger partial charge in [-0.15, -0.1) is 0 Å². The van der Waals surface area contributed by atoms with E-state index in [9.17, 15) is 4.39 Å². The Morgan fingerprint density at radius 1 is 1.00 bits per heavy atom. The molecule has 4 nitrogen and oxygen atoms in total. The van der Waals surface area contributed by atoms with Crippen LogP contribution in [-0.2, 0) is 0 Å². The molecular formula is C20H25FN2O2. The van der Waals surface area contributed by atoms with Crippen LogP contribution in [0.15, 0.2) is 42.5 Å². The van der Waals surface area contributed by atoms with Crippen molar-refractivity contribution in [1.29, 1.82) is 0 Å². The summed E-state index contributed by atoms with van der Waals surface area (Å²) in [5.41, 5.74) is 2.13. The van der Waals surface area contributed by atoms with Gasteiger partial charge in [0.05, 0.1) is 20.3 Å². The van der Waals surface area contributed by atoms with Crippen LogP contribution in [0.1, 0.15) is 23.6 Å². The fourth-order valence-corrected chi connectivity index (χ4v) is 3.40. The minimum Gasteiger partial charge on any atom is -0.497 e. The van der Waals surface area contributed by atoms with E-state index in [4.69, 9.17) is 9.47 Å². The first kappa shape index (κ1) is 17.7. The van der Waals surface area contributed by atoms with E-state index in [0.29, 0.717) is 0 Å². The van der Waals surface area contributed by atoms with E-state index in [1.807, 2.05) is 30.3 Å². The highest BCUT2D eigenvalue weighted by Crippen LogP contribution is 2.37. The van der Waals surface area contributed by atoms with Crippen LogP contribution in [0.4, 0.5) is 4.39 Å². The molecule has 1 saturated heterocycles. The van der Waals surface area contributed by atoms with Crippen LogP contribution in [0.5, 0.6) is 11.5 Å². The van der Waals surface area contributed by atoms with Crippen molar-refractivity contribution in [2.75, 3.05) is 40.4 Å². The van der Waals surface area contributed by atoms with Gasteiger partial charge in [-0.25, -0.2) is 4.39 Å². The van der Waals surface area contributed by atoms with E-state index >= 15 is 0 Å². The topological polar surface area (TPSA) is 33.7 Å². The molecule has 25 heavy (non-hydrogen) atoms. The predicted octanol–water partition coefficient (Wildman–Crippen LogP) is 3.23. The van der Waals surface area contributed by atoms with Crippen molar-refractivity contribution in [3.63, 3.8) is 0 Å². The van der Waals surface area contributed by atoms with Crippen molar-refractivity contribution in [1.82, 2.24) is 10.2 Å². The summed E-state index contributed by atoms with van der Waals surface area (Å²) in [7, 11) is 3.32. The minimum absolute atomic E-state index is 0.0151. The van der Waals surface area contributed by atoms with Crippen LogP contribution in [-0.4, -0.2) is 45.3 Å². The minimum atomic E-state index is -0.221. The average Bonchev–Trinajstić information content (AvgIpc) is 2.93. The van der Waals surface area contributed by atoms with Crippen LogP contribution >= 0.6 is 0 Å². The van der Waals surface area contributed by atoms with Crippen molar-refractivity contribution in [2.24, 2.45) is 0 Å². The second-order valence-electron chi connectivity index (χ2n) is 6.20. The zero-order valence-corrected chi connectivity index (χ0v) is 14.8. The highest BCUT2D eigenvalue weighted by atomic mass is 19.1. The summed E-state index contributed by atoms with van der Waals surface area (Å²) in [5.74, 6) is 1.32. The Morgan fingerprint density at radius 2 is 1.80 bits per heavy atom. The zero-order valence-electron chi connectivity index (χ0n) is 14.8. The van der Waals surface area contributed by atoms with Gasteiger partial charge in [-0.1, -0.05) is 12.1 Å². The van der Waals surface area contributed by atoms with Gasteiger partial charge in [0.25, 0.3) is 0 Å². The molecule has 2 aromatic rings. The molecule has 0 aromatic heterocycles. The third-order valence-electron chi connectivity index (χ3n) is 4.66. The highest BCUT2D eigenvalue weighted by molar-refractivity contribution is 5.46. The normalized spacial score (nSPS) is 16.9. The number of nitrogens with zero attached hydrogens (tertiary/aromatic N) is 1. The molecule has 1 N–H and O–H groups in total. The van der Waals surface area contributed by atoms with E-state index < -0.39 is 0 Å². The summed E-state index contributed by atoms with van der Waals surface area (Å²) in [4.78, 5) is 2.43. The summed E-state index contributed by atoms with van der Waals surface area (Å²) in [6.45, 7) is 3.87. The maximum absolute atomic E-state index is 13.4. The molecule has 1 unspecified atom stereocenters. The highest BCUT2D eigenvalue weighted by Gasteiger charge is 2.26. The fourth-order valence-electron chi connectivity index (χ4n) is 3.40. The lowest BCUT2D eigenvalue weighted by Gasteiger charge is -2.32. The first-order valence-corrected chi connectivity index (χ1v) is 8.65. The third-order valence-corrected chi connectivity index (χ3v) is 4.66. The lowest BCUT2D eigenvalue weighted by Crippen LogP contribution is -2.33. The van der Waals surface area contributed by atoms with Crippen molar-refractivity contribution in [3.8, 4) is 11.5 Å². The van der Waals surface area contributed by atoms with Gasteiger partial charge in [0.2, 0.25) is 0 Å². The number of hydrogen-bond acceptors (Lipinski definition) is 4. The van der Waals surface area contributed by atoms with Gasteiger partial charge >= 0.3 is 0 Å². The van der Waals surface area contributed by atoms with Gasteiger partial charge in [-0.05, 0) is 42.8 Å². The Hall–Kier alpha value is -2.11. The summed E-state index contributed by atoms with van der Waals surface area (Å²) in [6.07, 6.45) is 1.08. The van der Waals surface area contributed by atoms with Crippen molar-refractivity contribution >= 4 is 0 Å².